The number of nitrogens with one attached hydrogen (secondary N) is 2. The summed E-state index contributed by atoms with van der Waals surface area (Å²) in [6.45, 7) is 1.25. The second kappa shape index (κ2) is 7.06. The van der Waals surface area contributed by atoms with E-state index in [4.69, 9.17) is 0 Å². The third-order valence-electron chi connectivity index (χ3n) is 3.98. The number of rotatable bonds is 5. The van der Waals surface area contributed by atoms with Crippen LogP contribution < -0.4 is 10.6 Å². The maximum Gasteiger partial charge on any atom is 0.315 e. The molecule has 3 rings (SSSR count). The Morgan fingerprint density at radius 3 is 2.59 bits per heavy atom. The van der Waals surface area contributed by atoms with Gasteiger partial charge in [0.25, 0.3) is 0 Å². The summed E-state index contributed by atoms with van der Waals surface area (Å²) in [4.78, 5) is 15.7. The fourth-order valence-corrected chi connectivity index (χ4v) is 2.75. The third kappa shape index (κ3) is 4.07. The van der Waals surface area contributed by atoms with E-state index in [1.165, 1.54) is 19.2 Å². The molecule has 2 N–H and O–H groups in total. The topological polar surface area (TPSA) is 71.8 Å². The van der Waals surface area contributed by atoms with Crippen molar-refractivity contribution in [1.29, 1.82) is 0 Å². The standard InChI is InChI=1S/C16H21N5O/c22-16(20-15-3-1-2-4-15)18-9-13-5-7-14(8-6-13)10-21-12-17-11-19-21/h5-8,11-12,15H,1-4,9-10H2,(H2,18,20,22). The molecule has 1 fully saturated rings. The van der Waals surface area contributed by atoms with Crippen molar-refractivity contribution in [3.8, 4) is 0 Å². The number of hydrogen-bond donors (Lipinski definition) is 2. The summed E-state index contributed by atoms with van der Waals surface area (Å²) in [6.07, 6.45) is 7.87. The molecule has 116 valence electrons. The van der Waals surface area contributed by atoms with Crippen molar-refractivity contribution in [3.63, 3.8) is 0 Å². The first-order chi connectivity index (χ1) is 10.8. The number of nitrogens with zero attached hydrogens (tertiary/aromatic N) is 3. The van der Waals surface area contributed by atoms with Crippen LogP contribution >= 0.6 is 0 Å². The van der Waals surface area contributed by atoms with Crippen molar-refractivity contribution in [2.75, 3.05) is 0 Å². The number of hydrogen-bond acceptors (Lipinski definition) is 3. The lowest BCUT2D eigenvalue weighted by Crippen LogP contribution is -2.40. The van der Waals surface area contributed by atoms with E-state index in [9.17, 15) is 4.79 Å². The van der Waals surface area contributed by atoms with Gasteiger partial charge in [0.1, 0.15) is 12.7 Å². The van der Waals surface area contributed by atoms with Gasteiger partial charge in [0.15, 0.2) is 0 Å². The molecule has 1 aliphatic carbocycles. The summed E-state index contributed by atoms with van der Waals surface area (Å²) >= 11 is 0. The maximum absolute atomic E-state index is 11.8. The number of carbonyl (C=O) groups excluding carboxylic acids is 1. The van der Waals surface area contributed by atoms with E-state index < -0.39 is 0 Å². The van der Waals surface area contributed by atoms with E-state index in [1.807, 2.05) is 24.3 Å². The summed E-state index contributed by atoms with van der Waals surface area (Å²) < 4.78 is 1.78. The Morgan fingerprint density at radius 1 is 1.18 bits per heavy atom. The van der Waals surface area contributed by atoms with Gasteiger partial charge >= 0.3 is 6.03 Å². The fraction of sp³-hybridized carbons (Fsp3) is 0.438. The predicted octanol–water partition coefficient (Wildman–Crippen LogP) is 2.07. The summed E-state index contributed by atoms with van der Waals surface area (Å²) in [5.74, 6) is 0. The highest BCUT2D eigenvalue weighted by Crippen LogP contribution is 2.17. The highest BCUT2D eigenvalue weighted by atomic mass is 16.2. The minimum absolute atomic E-state index is 0.0707. The van der Waals surface area contributed by atoms with Crippen LogP contribution in [0.3, 0.4) is 0 Å². The molecule has 0 saturated heterocycles. The van der Waals surface area contributed by atoms with Gasteiger partial charge in [-0.05, 0) is 24.0 Å². The Morgan fingerprint density at radius 2 is 1.91 bits per heavy atom. The lowest BCUT2D eigenvalue weighted by molar-refractivity contribution is 0.236. The summed E-state index contributed by atoms with van der Waals surface area (Å²) in [5.41, 5.74) is 2.24. The smallest absolute Gasteiger partial charge is 0.315 e. The van der Waals surface area contributed by atoms with Gasteiger partial charge in [-0.1, -0.05) is 37.1 Å². The van der Waals surface area contributed by atoms with Gasteiger partial charge in [0.05, 0.1) is 6.54 Å². The van der Waals surface area contributed by atoms with E-state index in [0.717, 1.165) is 24.0 Å². The molecule has 2 aromatic rings. The molecule has 22 heavy (non-hydrogen) atoms. The number of amides is 2. The molecule has 6 nitrogen and oxygen atoms in total. The first-order valence-corrected chi connectivity index (χ1v) is 7.74. The van der Waals surface area contributed by atoms with E-state index >= 15 is 0 Å². The minimum atomic E-state index is -0.0707. The molecule has 0 unspecified atom stereocenters. The second-order valence-corrected chi connectivity index (χ2v) is 5.72. The Kier molecular flexibility index (Phi) is 4.68. The molecular weight excluding hydrogens is 278 g/mol. The zero-order valence-corrected chi connectivity index (χ0v) is 12.5. The average Bonchev–Trinajstić information content (AvgIpc) is 3.20. The van der Waals surface area contributed by atoms with Crippen LogP contribution in [0.5, 0.6) is 0 Å². The van der Waals surface area contributed by atoms with Crippen LogP contribution in [0.4, 0.5) is 4.79 Å². The monoisotopic (exact) mass is 299 g/mol. The van der Waals surface area contributed by atoms with E-state index in [2.05, 4.69) is 20.7 Å². The Hall–Kier alpha value is -2.37. The molecule has 1 aromatic carbocycles. The minimum Gasteiger partial charge on any atom is -0.335 e. The van der Waals surface area contributed by atoms with E-state index in [-0.39, 0.29) is 6.03 Å². The van der Waals surface area contributed by atoms with Crippen molar-refractivity contribution in [2.24, 2.45) is 0 Å². The van der Waals surface area contributed by atoms with Crippen LogP contribution in [0.1, 0.15) is 36.8 Å². The molecule has 2 amide bonds. The Bertz CT molecular complexity index is 588. The lowest BCUT2D eigenvalue weighted by Gasteiger charge is -2.13. The third-order valence-corrected chi connectivity index (χ3v) is 3.98. The van der Waals surface area contributed by atoms with Gasteiger partial charge in [-0.3, -0.25) is 0 Å². The first kappa shape index (κ1) is 14.6. The second-order valence-electron chi connectivity index (χ2n) is 5.72. The highest BCUT2D eigenvalue weighted by molar-refractivity contribution is 5.74. The molecule has 1 aromatic heterocycles. The van der Waals surface area contributed by atoms with Gasteiger partial charge < -0.3 is 10.6 Å². The average molecular weight is 299 g/mol. The molecule has 0 bridgehead atoms. The molecule has 1 saturated carbocycles. The molecule has 1 aliphatic rings. The van der Waals surface area contributed by atoms with Gasteiger partial charge in [0, 0.05) is 12.6 Å². The molecule has 1 heterocycles. The molecule has 0 aliphatic heterocycles. The zero-order chi connectivity index (χ0) is 15.2. The number of urea groups is 1. The maximum atomic E-state index is 11.8. The van der Waals surface area contributed by atoms with E-state index in [0.29, 0.717) is 19.1 Å². The SMILES string of the molecule is O=C(NCc1ccc(Cn2cncn2)cc1)NC1CCCC1. The summed E-state index contributed by atoms with van der Waals surface area (Å²) in [7, 11) is 0. The molecule has 0 spiro atoms. The normalized spacial score (nSPS) is 14.9. The number of aromatic nitrogens is 3. The predicted molar refractivity (Wildman–Crippen MR) is 83.2 cm³/mol. The molecule has 0 atom stereocenters. The lowest BCUT2D eigenvalue weighted by atomic mass is 10.1. The molecule has 6 heteroatoms. The fourth-order valence-electron chi connectivity index (χ4n) is 2.75. The van der Waals surface area contributed by atoms with Crippen LogP contribution in [-0.4, -0.2) is 26.8 Å². The highest BCUT2D eigenvalue weighted by Gasteiger charge is 2.16. The van der Waals surface area contributed by atoms with Crippen molar-refractivity contribution in [2.45, 2.75) is 44.8 Å². The van der Waals surface area contributed by atoms with Crippen molar-refractivity contribution >= 4 is 6.03 Å². The summed E-state index contributed by atoms with van der Waals surface area (Å²) in [6, 6.07) is 8.44. The van der Waals surface area contributed by atoms with Crippen molar-refractivity contribution in [3.05, 3.63) is 48.0 Å². The molecule has 0 radical (unpaired) electrons. The van der Waals surface area contributed by atoms with Gasteiger partial charge in [-0.25, -0.2) is 14.5 Å². The quantitative estimate of drug-likeness (QED) is 0.888. The summed E-state index contributed by atoms with van der Waals surface area (Å²) in [5, 5.41) is 10.0. The van der Waals surface area contributed by atoms with Gasteiger partial charge in [-0.15, -0.1) is 0 Å². The van der Waals surface area contributed by atoms with Crippen LogP contribution in [-0.2, 0) is 13.1 Å². The van der Waals surface area contributed by atoms with Crippen LogP contribution in [0.25, 0.3) is 0 Å². The van der Waals surface area contributed by atoms with Crippen molar-refractivity contribution in [1.82, 2.24) is 25.4 Å². The van der Waals surface area contributed by atoms with Crippen molar-refractivity contribution < 1.29 is 4.79 Å². The first-order valence-electron chi connectivity index (χ1n) is 7.74. The largest absolute Gasteiger partial charge is 0.335 e. The van der Waals surface area contributed by atoms with E-state index in [1.54, 1.807) is 11.0 Å². The van der Waals surface area contributed by atoms with Gasteiger partial charge in [0.2, 0.25) is 0 Å². The van der Waals surface area contributed by atoms with Crippen LogP contribution in [0, 0.1) is 0 Å². The zero-order valence-electron chi connectivity index (χ0n) is 12.5. The number of benzene rings is 1. The van der Waals surface area contributed by atoms with Gasteiger partial charge in [-0.2, -0.15) is 5.10 Å². The molecular formula is C16H21N5O. The Balaban J connectivity index is 1.45. The van der Waals surface area contributed by atoms with Crippen LogP contribution in [0.2, 0.25) is 0 Å². The Labute approximate surface area is 129 Å². The van der Waals surface area contributed by atoms with Crippen LogP contribution in [0.15, 0.2) is 36.9 Å². The number of carbonyl (C=O) groups is 1.